The smallest absolute Gasteiger partial charge is 0.291 e. The molecule has 9 heteroatoms. The van der Waals surface area contributed by atoms with Crippen LogP contribution in [-0.4, -0.2) is 75.7 Å². The van der Waals surface area contributed by atoms with Crippen LogP contribution in [0.15, 0.2) is 16.9 Å². The summed E-state index contributed by atoms with van der Waals surface area (Å²) < 4.78 is 4.32. The first kappa shape index (κ1) is 22.0. The van der Waals surface area contributed by atoms with Crippen LogP contribution < -0.4 is 10.9 Å². The summed E-state index contributed by atoms with van der Waals surface area (Å²) in [5, 5.41) is 7.46. The first-order valence-corrected chi connectivity index (χ1v) is 12.0. The van der Waals surface area contributed by atoms with E-state index in [1.807, 2.05) is 17.4 Å². The lowest BCUT2D eigenvalue weighted by molar-refractivity contribution is -0.121. The average Bonchev–Trinajstić information content (AvgIpc) is 3.30. The molecule has 1 N–H and O–H groups in total. The van der Waals surface area contributed by atoms with Crippen molar-refractivity contribution in [1.29, 1.82) is 0 Å². The van der Waals surface area contributed by atoms with E-state index in [1.165, 1.54) is 9.56 Å². The summed E-state index contributed by atoms with van der Waals surface area (Å²) in [5.74, 6) is 0.627. The van der Waals surface area contributed by atoms with E-state index in [0.29, 0.717) is 18.5 Å². The number of aromatic nitrogens is 3. The molecule has 0 unspecified atom stereocenters. The number of fused-ring (bicyclic) bond motifs is 3. The van der Waals surface area contributed by atoms with Gasteiger partial charge in [-0.2, -0.15) is 5.10 Å². The number of carbonyl (C=O) groups excluding carboxylic acids is 1. The lowest BCUT2D eigenvalue weighted by atomic mass is 10.3. The van der Waals surface area contributed by atoms with Crippen molar-refractivity contribution in [3.8, 4) is 0 Å². The minimum Gasteiger partial charge on any atom is -0.354 e. The Morgan fingerprint density at radius 1 is 1.13 bits per heavy atom. The van der Waals surface area contributed by atoms with Gasteiger partial charge in [0.1, 0.15) is 17.9 Å². The van der Waals surface area contributed by atoms with Crippen molar-refractivity contribution in [3.63, 3.8) is 0 Å². The molecule has 0 saturated carbocycles. The molecular weight excluding hydrogens is 412 g/mol. The van der Waals surface area contributed by atoms with Gasteiger partial charge < -0.3 is 15.1 Å². The van der Waals surface area contributed by atoms with E-state index in [-0.39, 0.29) is 18.0 Å². The summed E-state index contributed by atoms with van der Waals surface area (Å²) in [7, 11) is 0. The highest BCUT2D eigenvalue weighted by molar-refractivity contribution is 7.19. The molecule has 1 amide bonds. The molecule has 0 spiro atoms. The summed E-state index contributed by atoms with van der Waals surface area (Å²) in [5.41, 5.74) is 1.39. The van der Waals surface area contributed by atoms with Crippen molar-refractivity contribution in [2.45, 2.75) is 40.2 Å². The Morgan fingerprint density at radius 2 is 1.87 bits per heavy atom. The summed E-state index contributed by atoms with van der Waals surface area (Å²) in [6.07, 6.45) is 1.59. The summed E-state index contributed by atoms with van der Waals surface area (Å²) in [6.45, 7) is 13.4. The number of hydrogen-bond acceptors (Lipinski definition) is 6. The number of rotatable bonds is 8. The molecule has 3 aromatic heterocycles. The number of likely N-dealkylation sites (N-methyl/N-ethyl adjacent to an activating group) is 1. The largest absolute Gasteiger partial charge is 0.354 e. The van der Waals surface area contributed by atoms with Crippen LogP contribution in [0.5, 0.6) is 0 Å². The van der Waals surface area contributed by atoms with Crippen molar-refractivity contribution in [2.24, 2.45) is 0 Å². The third kappa shape index (κ3) is 4.68. The van der Waals surface area contributed by atoms with E-state index in [0.717, 1.165) is 61.7 Å². The monoisotopic (exact) mass is 444 g/mol. The Kier molecular flexibility index (Phi) is 6.74. The third-order valence-electron chi connectivity index (χ3n) is 6.06. The molecule has 168 valence electrons. The van der Waals surface area contributed by atoms with Crippen LogP contribution in [0, 0.1) is 6.92 Å². The first-order chi connectivity index (χ1) is 15.0. The summed E-state index contributed by atoms with van der Waals surface area (Å²) in [6, 6.07) is 4.01. The van der Waals surface area contributed by atoms with Crippen LogP contribution in [-0.2, 0) is 17.8 Å². The van der Waals surface area contributed by atoms with Crippen LogP contribution in [0.1, 0.15) is 31.0 Å². The van der Waals surface area contributed by atoms with Gasteiger partial charge >= 0.3 is 0 Å². The molecule has 0 atom stereocenters. The van der Waals surface area contributed by atoms with Crippen LogP contribution in [0.4, 0.5) is 0 Å². The second-order valence-electron chi connectivity index (χ2n) is 8.18. The fraction of sp³-hybridized carbons (Fsp3) is 0.591. The zero-order valence-corrected chi connectivity index (χ0v) is 19.5. The Labute approximate surface area is 186 Å². The van der Waals surface area contributed by atoms with Gasteiger partial charge in [0, 0.05) is 44.0 Å². The summed E-state index contributed by atoms with van der Waals surface area (Å²) in [4.78, 5) is 31.5. The number of nitrogens with zero attached hydrogens (tertiary/aromatic N) is 5. The van der Waals surface area contributed by atoms with Gasteiger partial charge in [0.25, 0.3) is 5.56 Å². The van der Waals surface area contributed by atoms with Gasteiger partial charge in [-0.05, 0) is 38.6 Å². The van der Waals surface area contributed by atoms with Crippen molar-refractivity contribution in [1.82, 2.24) is 29.3 Å². The van der Waals surface area contributed by atoms with E-state index in [1.54, 1.807) is 11.3 Å². The Balaban J connectivity index is 1.36. The van der Waals surface area contributed by atoms with Crippen molar-refractivity contribution in [2.75, 3.05) is 45.8 Å². The molecule has 4 rings (SSSR count). The van der Waals surface area contributed by atoms with E-state index in [4.69, 9.17) is 0 Å². The maximum Gasteiger partial charge on any atom is 0.291 e. The highest BCUT2D eigenvalue weighted by Crippen LogP contribution is 2.28. The molecule has 0 radical (unpaired) electrons. The van der Waals surface area contributed by atoms with Gasteiger partial charge in [0.15, 0.2) is 0 Å². The fourth-order valence-electron chi connectivity index (χ4n) is 4.30. The molecule has 1 fully saturated rings. The predicted octanol–water partition coefficient (Wildman–Crippen LogP) is 1.73. The highest BCUT2D eigenvalue weighted by Gasteiger charge is 2.17. The number of amides is 1. The minimum absolute atomic E-state index is 0.0463. The standard InChI is InChI=1S/C22H32N6O2S/c1-4-20-24-27(22(30)18-14-19-17(28(18)20)13-16(3)31-19)15-21(29)23-7-6-8-26-11-9-25(5-2)10-12-26/h13-14H,4-12,15H2,1-3H3,(H,23,29). The predicted molar refractivity (Wildman–Crippen MR) is 125 cm³/mol. The number of nitrogens with one attached hydrogen (secondary N) is 1. The van der Waals surface area contributed by atoms with E-state index >= 15 is 0 Å². The Bertz CT molecular complexity index is 1120. The Hall–Kier alpha value is -2.23. The van der Waals surface area contributed by atoms with Gasteiger partial charge in [0.2, 0.25) is 5.91 Å². The first-order valence-electron chi connectivity index (χ1n) is 11.2. The second-order valence-corrected chi connectivity index (χ2v) is 9.47. The SMILES string of the molecule is CCc1nn(CC(=O)NCCCN2CCN(CC)CC2)c(=O)c2cc3sc(C)cc3n12. The molecule has 3 aromatic rings. The number of hydrogen-bond donors (Lipinski definition) is 1. The van der Waals surface area contributed by atoms with Crippen LogP contribution in [0.2, 0.25) is 0 Å². The molecule has 0 aliphatic carbocycles. The molecule has 1 aliphatic heterocycles. The van der Waals surface area contributed by atoms with Gasteiger partial charge in [-0.15, -0.1) is 11.3 Å². The van der Waals surface area contributed by atoms with Crippen LogP contribution in [0.25, 0.3) is 15.7 Å². The number of piperazine rings is 1. The molecule has 0 bridgehead atoms. The average molecular weight is 445 g/mol. The zero-order valence-electron chi connectivity index (χ0n) is 18.7. The second kappa shape index (κ2) is 9.50. The Morgan fingerprint density at radius 3 is 2.58 bits per heavy atom. The molecule has 31 heavy (non-hydrogen) atoms. The van der Waals surface area contributed by atoms with Gasteiger partial charge in [-0.1, -0.05) is 13.8 Å². The molecule has 4 heterocycles. The normalized spacial score (nSPS) is 15.8. The van der Waals surface area contributed by atoms with Crippen molar-refractivity contribution in [3.05, 3.63) is 33.2 Å². The van der Waals surface area contributed by atoms with E-state index in [9.17, 15) is 9.59 Å². The molecular formula is C22H32N6O2S. The molecule has 1 aliphatic rings. The lowest BCUT2D eigenvalue weighted by Crippen LogP contribution is -2.46. The third-order valence-corrected chi connectivity index (χ3v) is 7.04. The van der Waals surface area contributed by atoms with Crippen molar-refractivity contribution < 1.29 is 4.79 Å². The van der Waals surface area contributed by atoms with Crippen LogP contribution >= 0.6 is 11.3 Å². The van der Waals surface area contributed by atoms with Crippen LogP contribution in [0.3, 0.4) is 0 Å². The maximum atomic E-state index is 13.0. The van der Waals surface area contributed by atoms with Crippen molar-refractivity contribution >= 4 is 33.0 Å². The van der Waals surface area contributed by atoms with E-state index in [2.05, 4.69) is 40.1 Å². The van der Waals surface area contributed by atoms with Gasteiger partial charge in [0.05, 0.1) is 10.2 Å². The van der Waals surface area contributed by atoms with Gasteiger partial charge in [-0.25, -0.2) is 4.68 Å². The number of aryl methyl sites for hydroxylation is 2. The molecule has 8 nitrogen and oxygen atoms in total. The minimum atomic E-state index is -0.220. The summed E-state index contributed by atoms with van der Waals surface area (Å²) >= 11 is 1.67. The fourth-order valence-corrected chi connectivity index (χ4v) is 5.24. The maximum absolute atomic E-state index is 13.0. The lowest BCUT2D eigenvalue weighted by Gasteiger charge is -2.33. The topological polar surface area (TPSA) is 74.9 Å². The number of thiophene rings is 1. The van der Waals surface area contributed by atoms with E-state index < -0.39 is 0 Å². The zero-order chi connectivity index (χ0) is 22.0. The van der Waals surface area contributed by atoms with Gasteiger partial charge in [-0.3, -0.25) is 14.0 Å². The number of carbonyl (C=O) groups is 1. The molecule has 0 aromatic carbocycles. The quantitative estimate of drug-likeness (QED) is 0.536. The molecule has 1 saturated heterocycles. The highest BCUT2D eigenvalue weighted by atomic mass is 32.1.